The number of anilines is 1. The molecule has 8 heteroatoms. The van der Waals surface area contributed by atoms with Crippen LogP contribution in [-0.2, 0) is 7.05 Å². The predicted octanol–water partition coefficient (Wildman–Crippen LogP) is 3.60. The molecule has 31 heavy (non-hydrogen) atoms. The Labute approximate surface area is 180 Å². The molecule has 7 nitrogen and oxygen atoms in total. The molecule has 0 atom stereocenters. The Hall–Kier alpha value is -3.70. The van der Waals surface area contributed by atoms with E-state index in [2.05, 4.69) is 4.85 Å². The quantitative estimate of drug-likeness (QED) is 0.590. The number of nitrogens with two attached hydrogens (primary N) is 1. The number of benzene rings is 2. The van der Waals surface area contributed by atoms with Gasteiger partial charge in [-0.15, -0.1) is 0 Å². The topological polar surface area (TPSA) is 77.7 Å². The summed E-state index contributed by atoms with van der Waals surface area (Å²) in [6, 6.07) is 11.3. The molecular weight excluding hydrogens is 397 g/mol. The molecule has 0 radical (unpaired) electrons. The van der Waals surface area contributed by atoms with Crippen LogP contribution in [0.15, 0.2) is 47.3 Å². The van der Waals surface area contributed by atoms with Crippen molar-refractivity contribution in [2.45, 2.75) is 6.42 Å². The van der Waals surface area contributed by atoms with Crippen molar-refractivity contribution in [1.29, 1.82) is 0 Å². The summed E-state index contributed by atoms with van der Waals surface area (Å²) < 4.78 is 21.1. The molecule has 0 aliphatic rings. The zero-order chi connectivity index (χ0) is 22.5. The van der Waals surface area contributed by atoms with Crippen molar-refractivity contribution in [3.05, 3.63) is 70.1 Å². The summed E-state index contributed by atoms with van der Waals surface area (Å²) in [5.41, 5.74) is 7.01. The van der Waals surface area contributed by atoms with E-state index in [-0.39, 0.29) is 11.2 Å². The molecule has 0 bridgehead atoms. The summed E-state index contributed by atoms with van der Waals surface area (Å²) in [4.78, 5) is 23.2. The lowest BCUT2D eigenvalue weighted by atomic mass is 10.00. The SMILES string of the molecule is [C-]#[N+]c1ccc(-c2nc(N(C)CCCN)n(C)c(=O)c2-c2ccc(OC)cc2)cc1F. The maximum Gasteiger partial charge on any atom is 0.263 e. The lowest BCUT2D eigenvalue weighted by Crippen LogP contribution is -2.31. The van der Waals surface area contributed by atoms with Gasteiger partial charge in [0, 0.05) is 26.2 Å². The van der Waals surface area contributed by atoms with Crippen LogP contribution in [-0.4, -0.2) is 36.8 Å². The second kappa shape index (κ2) is 9.41. The fourth-order valence-electron chi connectivity index (χ4n) is 3.33. The summed E-state index contributed by atoms with van der Waals surface area (Å²) in [7, 11) is 5.05. The lowest BCUT2D eigenvalue weighted by molar-refractivity contribution is 0.415. The second-order valence-corrected chi connectivity index (χ2v) is 7.07. The van der Waals surface area contributed by atoms with Crippen LogP contribution in [0.2, 0.25) is 0 Å². The van der Waals surface area contributed by atoms with Crippen LogP contribution < -0.4 is 20.9 Å². The molecular formula is C23H24FN5O2. The van der Waals surface area contributed by atoms with Crippen molar-refractivity contribution in [1.82, 2.24) is 9.55 Å². The maximum atomic E-state index is 14.4. The largest absolute Gasteiger partial charge is 0.497 e. The fraction of sp³-hybridized carbons (Fsp3) is 0.261. The van der Waals surface area contributed by atoms with Gasteiger partial charge >= 0.3 is 0 Å². The van der Waals surface area contributed by atoms with Crippen molar-refractivity contribution < 1.29 is 9.13 Å². The molecule has 1 aromatic heterocycles. The minimum absolute atomic E-state index is 0.0844. The van der Waals surface area contributed by atoms with E-state index in [1.807, 2.05) is 11.9 Å². The third kappa shape index (κ3) is 4.42. The van der Waals surface area contributed by atoms with Crippen molar-refractivity contribution in [3.63, 3.8) is 0 Å². The number of rotatable bonds is 7. The molecule has 0 unspecified atom stereocenters. The van der Waals surface area contributed by atoms with Crippen molar-refractivity contribution >= 4 is 11.6 Å². The molecule has 1 heterocycles. The molecule has 0 saturated carbocycles. The Morgan fingerprint density at radius 1 is 1.23 bits per heavy atom. The summed E-state index contributed by atoms with van der Waals surface area (Å²) in [5, 5.41) is 0. The number of hydrogen-bond donors (Lipinski definition) is 1. The van der Waals surface area contributed by atoms with Crippen LogP contribution in [0.5, 0.6) is 5.75 Å². The summed E-state index contributed by atoms with van der Waals surface area (Å²) >= 11 is 0. The molecule has 0 aliphatic carbocycles. The second-order valence-electron chi connectivity index (χ2n) is 7.07. The van der Waals surface area contributed by atoms with E-state index < -0.39 is 5.82 Å². The van der Waals surface area contributed by atoms with Gasteiger partial charge in [0.05, 0.1) is 24.9 Å². The molecule has 160 valence electrons. The highest BCUT2D eigenvalue weighted by Gasteiger charge is 2.20. The van der Waals surface area contributed by atoms with E-state index in [1.54, 1.807) is 44.5 Å². The monoisotopic (exact) mass is 421 g/mol. The van der Waals surface area contributed by atoms with Gasteiger partial charge in [0.15, 0.2) is 0 Å². The molecule has 0 spiro atoms. The number of ether oxygens (including phenoxy) is 1. The highest BCUT2D eigenvalue weighted by Crippen LogP contribution is 2.32. The van der Waals surface area contributed by atoms with E-state index in [1.165, 1.54) is 16.7 Å². The van der Waals surface area contributed by atoms with Crippen molar-refractivity contribution in [2.24, 2.45) is 12.8 Å². The van der Waals surface area contributed by atoms with Crippen LogP contribution in [0.25, 0.3) is 27.2 Å². The van der Waals surface area contributed by atoms with Crippen LogP contribution in [0.3, 0.4) is 0 Å². The van der Waals surface area contributed by atoms with Gasteiger partial charge in [-0.1, -0.05) is 24.3 Å². The Kier molecular flexibility index (Phi) is 6.68. The van der Waals surface area contributed by atoms with Crippen LogP contribution in [0.4, 0.5) is 16.0 Å². The highest BCUT2D eigenvalue weighted by molar-refractivity contribution is 5.82. The zero-order valence-electron chi connectivity index (χ0n) is 17.7. The minimum atomic E-state index is -0.659. The average Bonchev–Trinajstić information content (AvgIpc) is 2.79. The van der Waals surface area contributed by atoms with Crippen molar-refractivity contribution in [2.75, 3.05) is 32.1 Å². The Balaban J connectivity index is 2.28. The summed E-state index contributed by atoms with van der Waals surface area (Å²) in [5.74, 6) is 0.440. The van der Waals surface area contributed by atoms with Crippen LogP contribution in [0.1, 0.15) is 6.42 Å². The van der Waals surface area contributed by atoms with Crippen LogP contribution >= 0.6 is 0 Å². The van der Waals surface area contributed by atoms with Gasteiger partial charge in [-0.05, 0) is 36.7 Å². The smallest absolute Gasteiger partial charge is 0.263 e. The number of hydrogen-bond acceptors (Lipinski definition) is 5. The standard InChI is InChI=1S/C23H24FN5O2/c1-26-19-11-8-16(14-18(19)24)21-20(15-6-9-17(31-4)10-7-15)22(30)29(3)23(27-21)28(2)13-5-12-25/h6-11,14H,5,12-13,25H2,2-4H3. The molecule has 2 aromatic carbocycles. The number of nitrogens with zero attached hydrogens (tertiary/aromatic N) is 4. The first-order valence-electron chi connectivity index (χ1n) is 9.75. The normalized spacial score (nSPS) is 10.6. The molecule has 0 amide bonds. The Morgan fingerprint density at radius 3 is 2.48 bits per heavy atom. The maximum absolute atomic E-state index is 14.4. The Bertz CT molecular complexity index is 1180. The fourth-order valence-corrected chi connectivity index (χ4v) is 3.33. The van der Waals surface area contributed by atoms with Crippen molar-refractivity contribution in [3.8, 4) is 28.1 Å². The van der Waals surface area contributed by atoms with Gasteiger partial charge in [-0.25, -0.2) is 14.2 Å². The predicted molar refractivity (Wildman–Crippen MR) is 120 cm³/mol. The van der Waals surface area contributed by atoms with Gasteiger partial charge in [0.25, 0.3) is 5.56 Å². The summed E-state index contributed by atoms with van der Waals surface area (Å²) in [6.07, 6.45) is 0.732. The first kappa shape index (κ1) is 22.0. The van der Waals surface area contributed by atoms with E-state index in [9.17, 15) is 9.18 Å². The van der Waals surface area contributed by atoms with E-state index in [0.29, 0.717) is 47.2 Å². The van der Waals surface area contributed by atoms with Crippen LogP contribution in [0, 0.1) is 12.4 Å². The van der Waals surface area contributed by atoms with Gasteiger partial charge in [-0.2, -0.15) is 0 Å². The first-order valence-corrected chi connectivity index (χ1v) is 9.75. The first-order chi connectivity index (χ1) is 14.9. The molecule has 0 aliphatic heterocycles. The Morgan fingerprint density at radius 2 is 1.90 bits per heavy atom. The minimum Gasteiger partial charge on any atom is -0.497 e. The molecule has 3 rings (SSSR count). The molecule has 2 N–H and O–H groups in total. The van der Waals surface area contributed by atoms with Gasteiger partial charge in [0.2, 0.25) is 11.6 Å². The van der Waals surface area contributed by atoms with E-state index >= 15 is 0 Å². The van der Waals surface area contributed by atoms with Gasteiger partial charge in [-0.3, -0.25) is 9.36 Å². The lowest BCUT2D eigenvalue weighted by Gasteiger charge is -2.23. The number of halogens is 1. The number of aromatic nitrogens is 2. The summed E-state index contributed by atoms with van der Waals surface area (Å²) in [6.45, 7) is 8.21. The van der Waals surface area contributed by atoms with E-state index in [0.717, 1.165) is 6.42 Å². The third-order valence-electron chi connectivity index (χ3n) is 5.03. The average molecular weight is 421 g/mol. The van der Waals surface area contributed by atoms with Gasteiger partial charge in [0.1, 0.15) is 11.6 Å². The molecule has 3 aromatic rings. The van der Waals surface area contributed by atoms with Gasteiger partial charge < -0.3 is 15.4 Å². The van der Waals surface area contributed by atoms with E-state index in [4.69, 9.17) is 22.0 Å². The zero-order valence-corrected chi connectivity index (χ0v) is 17.7. The third-order valence-corrected chi connectivity index (χ3v) is 5.03. The number of methoxy groups -OCH3 is 1. The molecule has 0 fully saturated rings. The highest BCUT2D eigenvalue weighted by atomic mass is 19.1. The molecule has 0 saturated heterocycles.